The van der Waals surface area contributed by atoms with Gasteiger partial charge in [-0.3, -0.25) is 4.79 Å². The molecule has 1 aliphatic carbocycles. The molecule has 1 saturated carbocycles. The van der Waals surface area contributed by atoms with Crippen LogP contribution in [0.3, 0.4) is 0 Å². The molecule has 1 amide bonds. The third-order valence-electron chi connectivity index (χ3n) is 7.00. The summed E-state index contributed by atoms with van der Waals surface area (Å²) >= 11 is 1.59. The molecule has 2 heterocycles. The molecule has 42 heavy (non-hydrogen) atoms. The highest BCUT2D eigenvalue weighted by Gasteiger charge is 2.21. The maximum atomic E-state index is 12.7. The maximum absolute atomic E-state index is 12.7. The van der Waals surface area contributed by atoms with Crippen molar-refractivity contribution in [1.29, 1.82) is 0 Å². The van der Waals surface area contributed by atoms with E-state index >= 15 is 0 Å². The van der Waals surface area contributed by atoms with Gasteiger partial charge in [-0.25, -0.2) is 4.98 Å². The first-order valence-corrected chi connectivity index (χ1v) is 14.6. The topological polar surface area (TPSA) is 94.8 Å². The van der Waals surface area contributed by atoms with Gasteiger partial charge in [-0.2, -0.15) is 4.80 Å². The summed E-state index contributed by atoms with van der Waals surface area (Å²) in [7, 11) is 1.64. The van der Waals surface area contributed by atoms with Crippen molar-refractivity contribution in [2.24, 2.45) is 0 Å². The van der Waals surface area contributed by atoms with Gasteiger partial charge >= 0.3 is 0 Å². The Balaban J connectivity index is 1.06. The largest absolute Gasteiger partial charge is 0.497 e. The predicted molar refractivity (Wildman–Crippen MR) is 164 cm³/mol. The minimum absolute atomic E-state index is 0.237. The lowest BCUT2D eigenvalue weighted by molar-refractivity contribution is -0.111. The van der Waals surface area contributed by atoms with Crippen LogP contribution in [0.5, 0.6) is 5.75 Å². The molecule has 8 nitrogen and oxygen atoms in total. The normalized spacial score (nSPS) is 12.9. The van der Waals surface area contributed by atoms with E-state index in [1.807, 2.05) is 72.8 Å². The second kappa shape index (κ2) is 12.6. The maximum Gasteiger partial charge on any atom is 0.248 e. The van der Waals surface area contributed by atoms with Gasteiger partial charge in [0.25, 0.3) is 0 Å². The van der Waals surface area contributed by atoms with Gasteiger partial charge in [-0.15, -0.1) is 21.5 Å². The van der Waals surface area contributed by atoms with Crippen molar-refractivity contribution in [3.05, 3.63) is 112 Å². The first kappa shape index (κ1) is 27.1. The number of tetrazole rings is 1. The number of aromatic nitrogens is 5. The molecule has 0 saturated heterocycles. The molecule has 1 N–H and O–H groups in total. The Bertz CT molecular complexity index is 1790. The summed E-state index contributed by atoms with van der Waals surface area (Å²) in [4.78, 5) is 18.9. The first-order chi connectivity index (χ1) is 20.6. The molecule has 208 valence electrons. The second-order valence-corrected chi connectivity index (χ2v) is 10.8. The van der Waals surface area contributed by atoms with E-state index in [2.05, 4.69) is 42.9 Å². The Morgan fingerprint density at radius 3 is 2.76 bits per heavy atom. The molecule has 0 atom stereocenters. The number of nitrogens with zero attached hydrogens (tertiary/aromatic N) is 5. The predicted octanol–water partition coefficient (Wildman–Crippen LogP) is 6.17. The van der Waals surface area contributed by atoms with E-state index < -0.39 is 0 Å². The zero-order valence-corrected chi connectivity index (χ0v) is 23.8. The van der Waals surface area contributed by atoms with E-state index in [9.17, 15) is 4.79 Å². The molecule has 9 heteroatoms. The van der Waals surface area contributed by atoms with Crippen molar-refractivity contribution in [1.82, 2.24) is 25.2 Å². The number of hydrogen-bond donors (Lipinski definition) is 1. The molecule has 0 unspecified atom stereocenters. The van der Waals surface area contributed by atoms with E-state index in [1.54, 1.807) is 29.3 Å². The van der Waals surface area contributed by atoms with Crippen LogP contribution < -0.4 is 10.1 Å². The highest BCUT2D eigenvalue weighted by molar-refractivity contribution is 7.10. The number of methoxy groups -OCH3 is 1. The van der Waals surface area contributed by atoms with Crippen molar-refractivity contribution in [2.75, 3.05) is 12.4 Å². The molecule has 0 bridgehead atoms. The number of hydrogen-bond acceptors (Lipinski definition) is 7. The smallest absolute Gasteiger partial charge is 0.248 e. The summed E-state index contributed by atoms with van der Waals surface area (Å²) in [5.41, 5.74) is 5.36. The highest BCUT2D eigenvalue weighted by Crippen LogP contribution is 2.36. The zero-order valence-electron chi connectivity index (χ0n) is 23.0. The van der Waals surface area contributed by atoms with Crippen molar-refractivity contribution in [2.45, 2.75) is 31.7 Å². The second-order valence-electron chi connectivity index (χ2n) is 9.98. The summed E-state index contributed by atoms with van der Waals surface area (Å²) in [6.07, 6.45) is 7.00. The molecular weight excluding hydrogens is 544 g/mol. The molecule has 1 aliphatic rings. The fourth-order valence-corrected chi connectivity index (χ4v) is 5.24. The molecular formula is C33H28N6O2S. The fourth-order valence-electron chi connectivity index (χ4n) is 4.49. The summed E-state index contributed by atoms with van der Waals surface area (Å²) in [5.74, 6) is 8.00. The number of thiazole rings is 1. The zero-order chi connectivity index (χ0) is 28.7. The van der Waals surface area contributed by atoms with Crippen LogP contribution in [0.2, 0.25) is 0 Å². The number of carbonyl (C=O) groups is 1. The number of nitrogens with one attached hydrogen (secondary N) is 1. The van der Waals surface area contributed by atoms with E-state index in [0.717, 1.165) is 33.0 Å². The number of rotatable bonds is 8. The van der Waals surface area contributed by atoms with Crippen LogP contribution in [0.4, 0.5) is 5.69 Å². The van der Waals surface area contributed by atoms with Crippen LogP contribution in [0.15, 0.2) is 84.3 Å². The third-order valence-corrected chi connectivity index (χ3v) is 7.77. The summed E-state index contributed by atoms with van der Waals surface area (Å²) in [6, 6.07) is 22.9. The monoisotopic (exact) mass is 572 g/mol. The van der Waals surface area contributed by atoms with Gasteiger partial charge in [0, 0.05) is 34.2 Å². The number of benzene rings is 3. The third kappa shape index (κ3) is 6.79. The lowest BCUT2D eigenvalue weighted by Gasteiger charge is -2.22. The highest BCUT2D eigenvalue weighted by atomic mass is 32.1. The number of ether oxygens (including phenoxy) is 1. The molecule has 3 aromatic carbocycles. The van der Waals surface area contributed by atoms with Crippen molar-refractivity contribution < 1.29 is 9.53 Å². The Morgan fingerprint density at radius 2 is 1.95 bits per heavy atom. The van der Waals surface area contributed by atoms with Crippen molar-refractivity contribution in [3.8, 4) is 29.0 Å². The SMILES string of the molecule is COc1ccc(Cn2nnc(-c3cccc(/C=C\C(=O)Nc4cccc(C#Cc5nc(C6CCC6)cs5)c4)c3)n2)cc1. The Morgan fingerprint density at radius 1 is 1.10 bits per heavy atom. The molecule has 6 rings (SSSR count). The van der Waals surface area contributed by atoms with Crippen LogP contribution in [-0.4, -0.2) is 38.2 Å². The molecule has 0 radical (unpaired) electrons. The molecule has 5 aromatic rings. The van der Waals surface area contributed by atoms with Gasteiger partial charge in [0.1, 0.15) is 5.75 Å². The Labute approximate surface area is 248 Å². The van der Waals surface area contributed by atoms with Gasteiger partial charge in [-0.1, -0.05) is 48.7 Å². The van der Waals surface area contributed by atoms with Crippen molar-refractivity contribution >= 4 is 29.0 Å². The average Bonchev–Trinajstić information content (AvgIpc) is 3.65. The number of anilines is 1. The molecule has 2 aromatic heterocycles. The number of carbonyl (C=O) groups excluding carboxylic acids is 1. The van der Waals surface area contributed by atoms with Gasteiger partial charge in [-0.05, 0) is 77.6 Å². The van der Waals surface area contributed by atoms with Gasteiger partial charge in [0.05, 0.1) is 19.3 Å². The molecule has 1 fully saturated rings. The average molecular weight is 573 g/mol. The Hall–Kier alpha value is -5.07. The van der Waals surface area contributed by atoms with Crippen molar-refractivity contribution in [3.63, 3.8) is 0 Å². The standard InChI is InChI=1S/C33H28N6O2S/c1-41-29-15-11-25(12-16-29)21-39-37-33(36-38-39)27-9-2-5-23(19-27)13-17-31(40)34-28-10-3-6-24(20-28)14-18-32-35-30(22-42-32)26-7-4-8-26/h2-3,5-6,9-13,15-17,19-20,22,26H,4,7-8,21H2,1H3,(H,34,40)/b17-13-. The fraction of sp³-hybridized carbons (Fsp3) is 0.182. The lowest BCUT2D eigenvalue weighted by Crippen LogP contribution is -2.08. The lowest BCUT2D eigenvalue weighted by atomic mass is 9.83. The van der Waals surface area contributed by atoms with E-state index in [-0.39, 0.29) is 5.91 Å². The summed E-state index contributed by atoms with van der Waals surface area (Å²) in [6.45, 7) is 0.496. The van der Waals surface area contributed by atoms with Crippen LogP contribution >= 0.6 is 11.3 Å². The first-order valence-electron chi connectivity index (χ1n) is 13.7. The van der Waals surface area contributed by atoms with Crippen LogP contribution in [0.25, 0.3) is 17.5 Å². The summed E-state index contributed by atoms with van der Waals surface area (Å²) in [5, 5.41) is 18.8. The molecule has 0 aliphatic heterocycles. The van der Waals surface area contributed by atoms with Crippen LogP contribution in [-0.2, 0) is 11.3 Å². The van der Waals surface area contributed by atoms with E-state index in [1.165, 1.54) is 31.0 Å². The Kier molecular flexibility index (Phi) is 8.15. The van der Waals surface area contributed by atoms with Gasteiger partial charge in [0.15, 0.2) is 5.01 Å². The van der Waals surface area contributed by atoms with Crippen LogP contribution in [0.1, 0.15) is 52.6 Å². The minimum atomic E-state index is -0.237. The van der Waals surface area contributed by atoms with E-state index in [4.69, 9.17) is 4.74 Å². The van der Waals surface area contributed by atoms with Gasteiger partial charge in [0.2, 0.25) is 11.7 Å². The minimum Gasteiger partial charge on any atom is -0.497 e. The molecule has 0 spiro atoms. The number of amides is 1. The quantitative estimate of drug-likeness (QED) is 0.176. The van der Waals surface area contributed by atoms with Crippen LogP contribution in [0, 0.1) is 11.8 Å². The summed E-state index contributed by atoms with van der Waals surface area (Å²) < 4.78 is 5.21. The van der Waals surface area contributed by atoms with E-state index in [0.29, 0.717) is 24.0 Å². The van der Waals surface area contributed by atoms with Gasteiger partial charge < -0.3 is 10.1 Å².